The molecule has 22 heavy (non-hydrogen) atoms. The predicted molar refractivity (Wildman–Crippen MR) is 77.2 cm³/mol. The molecule has 0 bridgehead atoms. The van der Waals surface area contributed by atoms with Gasteiger partial charge < -0.3 is 5.32 Å². The van der Waals surface area contributed by atoms with E-state index in [0.717, 1.165) is 0 Å². The fraction of sp³-hybridized carbons (Fsp3) is 0.231. The van der Waals surface area contributed by atoms with Gasteiger partial charge in [-0.15, -0.1) is 0 Å². The minimum absolute atomic E-state index is 0.173. The van der Waals surface area contributed by atoms with Crippen molar-refractivity contribution in [1.29, 1.82) is 0 Å². The maximum atomic E-state index is 12.2. The summed E-state index contributed by atoms with van der Waals surface area (Å²) in [5.74, 6) is -2.27. The predicted octanol–water partition coefficient (Wildman–Crippen LogP) is 4.05. The van der Waals surface area contributed by atoms with Crippen molar-refractivity contribution in [1.82, 2.24) is 9.78 Å². The molecule has 1 heterocycles. The van der Waals surface area contributed by atoms with Gasteiger partial charge in [0.15, 0.2) is 5.82 Å². The Morgan fingerprint density at radius 1 is 1.32 bits per heavy atom. The number of alkyl halides is 3. The standard InChI is InChI=1S/C13H10Cl2F3N3O/c1-7-5-11(19-12(22)13(16,17)18)20-21(7)6-8-9(14)3-2-4-10(8)15/h2-5H,6H2,1H3,(H,19,20,22). The summed E-state index contributed by atoms with van der Waals surface area (Å²) in [6.45, 7) is 1.81. The monoisotopic (exact) mass is 351 g/mol. The van der Waals surface area contributed by atoms with E-state index in [-0.39, 0.29) is 12.4 Å². The highest BCUT2D eigenvalue weighted by Crippen LogP contribution is 2.26. The van der Waals surface area contributed by atoms with E-state index in [9.17, 15) is 18.0 Å². The number of aromatic nitrogens is 2. The minimum Gasteiger partial charge on any atom is -0.301 e. The van der Waals surface area contributed by atoms with Gasteiger partial charge >= 0.3 is 12.1 Å². The van der Waals surface area contributed by atoms with E-state index >= 15 is 0 Å². The van der Waals surface area contributed by atoms with Gasteiger partial charge in [-0.05, 0) is 19.1 Å². The van der Waals surface area contributed by atoms with Crippen LogP contribution in [-0.2, 0) is 11.3 Å². The maximum absolute atomic E-state index is 12.2. The molecule has 118 valence electrons. The highest BCUT2D eigenvalue weighted by atomic mass is 35.5. The number of amides is 1. The number of carbonyl (C=O) groups excluding carboxylic acids is 1. The third-order valence-electron chi connectivity index (χ3n) is 2.85. The summed E-state index contributed by atoms with van der Waals surface area (Å²) < 4.78 is 38.0. The molecule has 0 saturated carbocycles. The number of aryl methyl sites for hydroxylation is 1. The fourth-order valence-corrected chi connectivity index (χ4v) is 2.27. The number of rotatable bonds is 3. The number of hydrogen-bond acceptors (Lipinski definition) is 2. The molecule has 1 N–H and O–H groups in total. The van der Waals surface area contributed by atoms with E-state index < -0.39 is 12.1 Å². The van der Waals surface area contributed by atoms with Crippen LogP contribution in [0.15, 0.2) is 24.3 Å². The molecular weight excluding hydrogens is 342 g/mol. The van der Waals surface area contributed by atoms with Crippen LogP contribution in [-0.4, -0.2) is 21.9 Å². The van der Waals surface area contributed by atoms with Gasteiger partial charge in [-0.25, -0.2) is 0 Å². The van der Waals surface area contributed by atoms with Crippen molar-refractivity contribution in [2.45, 2.75) is 19.6 Å². The molecule has 0 atom stereocenters. The van der Waals surface area contributed by atoms with Crippen LogP contribution in [0.4, 0.5) is 19.0 Å². The third kappa shape index (κ3) is 3.72. The average molecular weight is 352 g/mol. The summed E-state index contributed by atoms with van der Waals surface area (Å²) in [4.78, 5) is 10.9. The van der Waals surface area contributed by atoms with Crippen LogP contribution < -0.4 is 5.32 Å². The average Bonchev–Trinajstić information content (AvgIpc) is 2.73. The SMILES string of the molecule is Cc1cc(NC(=O)C(F)(F)F)nn1Cc1c(Cl)cccc1Cl. The van der Waals surface area contributed by atoms with Crippen molar-refractivity contribution in [3.05, 3.63) is 45.6 Å². The van der Waals surface area contributed by atoms with Gasteiger partial charge in [0, 0.05) is 27.4 Å². The normalized spacial score (nSPS) is 11.5. The molecule has 2 aromatic rings. The first-order valence-electron chi connectivity index (χ1n) is 6.04. The van der Waals surface area contributed by atoms with E-state index in [4.69, 9.17) is 23.2 Å². The molecule has 0 aliphatic carbocycles. The molecule has 0 aliphatic rings. The van der Waals surface area contributed by atoms with Crippen molar-refractivity contribution in [3.63, 3.8) is 0 Å². The molecule has 2 rings (SSSR count). The molecule has 1 amide bonds. The van der Waals surface area contributed by atoms with Crippen molar-refractivity contribution >= 4 is 34.9 Å². The molecule has 1 aromatic heterocycles. The smallest absolute Gasteiger partial charge is 0.301 e. The number of hydrogen-bond donors (Lipinski definition) is 1. The Bertz CT molecular complexity index is 693. The van der Waals surface area contributed by atoms with Crippen LogP contribution >= 0.6 is 23.2 Å². The zero-order chi connectivity index (χ0) is 16.5. The lowest BCUT2D eigenvalue weighted by Crippen LogP contribution is -2.30. The Hall–Kier alpha value is -1.73. The van der Waals surface area contributed by atoms with E-state index in [1.54, 1.807) is 30.4 Å². The van der Waals surface area contributed by atoms with Gasteiger partial charge in [0.2, 0.25) is 0 Å². The molecule has 0 fully saturated rings. The van der Waals surface area contributed by atoms with Gasteiger partial charge in [-0.2, -0.15) is 18.3 Å². The fourth-order valence-electron chi connectivity index (χ4n) is 1.75. The second-order valence-corrected chi connectivity index (χ2v) is 5.30. The lowest BCUT2D eigenvalue weighted by Gasteiger charge is -2.08. The van der Waals surface area contributed by atoms with Gasteiger partial charge in [-0.3, -0.25) is 9.48 Å². The van der Waals surface area contributed by atoms with E-state index in [1.807, 2.05) is 0 Å². The van der Waals surface area contributed by atoms with E-state index in [0.29, 0.717) is 21.3 Å². The number of nitrogens with one attached hydrogen (secondary N) is 1. The van der Waals surface area contributed by atoms with Crippen molar-refractivity contribution < 1.29 is 18.0 Å². The van der Waals surface area contributed by atoms with Crippen molar-refractivity contribution in [2.24, 2.45) is 0 Å². The summed E-state index contributed by atoms with van der Waals surface area (Å²) in [5.41, 5.74) is 1.14. The molecule has 0 saturated heterocycles. The lowest BCUT2D eigenvalue weighted by molar-refractivity contribution is -0.167. The van der Waals surface area contributed by atoms with Gasteiger partial charge in [0.05, 0.1) is 6.54 Å². The van der Waals surface area contributed by atoms with Crippen LogP contribution in [0.5, 0.6) is 0 Å². The third-order valence-corrected chi connectivity index (χ3v) is 3.56. The van der Waals surface area contributed by atoms with Gasteiger partial charge in [0.25, 0.3) is 0 Å². The zero-order valence-corrected chi connectivity index (χ0v) is 12.7. The molecule has 0 unspecified atom stereocenters. The highest BCUT2D eigenvalue weighted by molar-refractivity contribution is 6.35. The van der Waals surface area contributed by atoms with Crippen molar-refractivity contribution in [2.75, 3.05) is 5.32 Å². The maximum Gasteiger partial charge on any atom is 0.471 e. The van der Waals surface area contributed by atoms with Crippen molar-refractivity contribution in [3.8, 4) is 0 Å². The van der Waals surface area contributed by atoms with Crippen LogP contribution in [0.25, 0.3) is 0 Å². The second kappa shape index (κ2) is 6.18. The summed E-state index contributed by atoms with van der Waals surface area (Å²) in [6.07, 6.45) is -4.97. The second-order valence-electron chi connectivity index (χ2n) is 4.48. The molecule has 0 radical (unpaired) electrons. The molecule has 9 heteroatoms. The van der Waals surface area contributed by atoms with Gasteiger partial charge in [0.1, 0.15) is 0 Å². The Balaban J connectivity index is 2.22. The number of nitrogens with zero attached hydrogens (tertiary/aromatic N) is 2. The van der Waals surface area contributed by atoms with Crippen LogP contribution in [0, 0.1) is 6.92 Å². The Morgan fingerprint density at radius 3 is 2.45 bits per heavy atom. The number of carbonyl (C=O) groups is 1. The highest BCUT2D eigenvalue weighted by Gasteiger charge is 2.39. The lowest BCUT2D eigenvalue weighted by atomic mass is 10.2. The Morgan fingerprint density at radius 2 is 1.91 bits per heavy atom. The molecule has 4 nitrogen and oxygen atoms in total. The van der Waals surface area contributed by atoms with Crippen LogP contribution in [0.3, 0.4) is 0 Å². The molecule has 0 aliphatic heterocycles. The quantitative estimate of drug-likeness (QED) is 0.906. The Kier molecular flexibility index (Phi) is 4.67. The first kappa shape index (κ1) is 16.6. The van der Waals surface area contributed by atoms with Crippen LogP contribution in [0.2, 0.25) is 10.0 Å². The summed E-state index contributed by atoms with van der Waals surface area (Å²) in [5, 5.41) is 6.44. The summed E-state index contributed by atoms with van der Waals surface area (Å²) >= 11 is 12.1. The molecular formula is C13H10Cl2F3N3O. The Labute approximate surface area is 133 Å². The number of anilines is 1. The van der Waals surface area contributed by atoms with Crippen LogP contribution in [0.1, 0.15) is 11.3 Å². The zero-order valence-electron chi connectivity index (χ0n) is 11.2. The molecule has 1 aromatic carbocycles. The van der Waals surface area contributed by atoms with E-state index in [2.05, 4.69) is 5.10 Å². The largest absolute Gasteiger partial charge is 0.471 e. The first-order valence-corrected chi connectivity index (χ1v) is 6.79. The minimum atomic E-state index is -4.97. The van der Waals surface area contributed by atoms with E-state index in [1.165, 1.54) is 10.7 Å². The number of halogens is 5. The topological polar surface area (TPSA) is 46.9 Å². The summed E-state index contributed by atoms with van der Waals surface area (Å²) in [6, 6.07) is 6.30. The summed E-state index contributed by atoms with van der Waals surface area (Å²) in [7, 11) is 0. The number of benzene rings is 1. The molecule has 0 spiro atoms. The first-order chi connectivity index (χ1) is 10.2. The van der Waals surface area contributed by atoms with Gasteiger partial charge in [-0.1, -0.05) is 29.3 Å².